The van der Waals surface area contributed by atoms with Gasteiger partial charge in [-0.1, -0.05) is 28.1 Å². The van der Waals surface area contributed by atoms with Crippen LogP contribution in [0, 0.1) is 0 Å². The smallest absolute Gasteiger partial charge is 0.331 e. The van der Waals surface area contributed by atoms with Crippen molar-refractivity contribution in [3.8, 4) is 0 Å². The Balaban J connectivity index is 2.76. The lowest BCUT2D eigenvalue weighted by molar-refractivity contribution is 0.459. The fraction of sp³-hybridized carbons (Fsp3) is 0.125. The summed E-state index contributed by atoms with van der Waals surface area (Å²) in [5.41, 5.74) is 1.78. The van der Waals surface area contributed by atoms with Gasteiger partial charge in [-0.05, 0) is 11.6 Å². The molecule has 2 aromatic rings. The van der Waals surface area contributed by atoms with Gasteiger partial charge in [-0.15, -0.1) is 0 Å². The van der Waals surface area contributed by atoms with E-state index in [2.05, 4.69) is 20.9 Å². The summed E-state index contributed by atoms with van der Waals surface area (Å²) < 4.78 is 27.1. The average molecular weight is 291 g/mol. The highest BCUT2D eigenvalue weighted by Gasteiger charge is 2.17. The minimum absolute atomic E-state index is 0.413. The zero-order valence-electron chi connectivity index (χ0n) is 7.47. The molecular weight excluding hydrogens is 284 g/mol. The number of para-hydroxylation sites is 1. The van der Waals surface area contributed by atoms with Gasteiger partial charge in [0.2, 0.25) is 0 Å². The molecule has 1 aromatic carbocycles. The topological polar surface area (TPSA) is 86.2 Å². The van der Waals surface area contributed by atoms with Gasteiger partial charge in [0, 0.05) is 5.33 Å². The summed E-state index contributed by atoms with van der Waals surface area (Å²) in [4.78, 5) is 3.85. The van der Waals surface area contributed by atoms with Gasteiger partial charge in [0.05, 0.1) is 0 Å². The van der Waals surface area contributed by atoms with Gasteiger partial charge >= 0.3 is 5.22 Å². The summed E-state index contributed by atoms with van der Waals surface area (Å²) in [5, 5.41) is 5.03. The number of alkyl halides is 1. The largest absolute Gasteiger partial charge is 0.427 e. The summed E-state index contributed by atoms with van der Waals surface area (Å²) in [7, 11) is -3.88. The van der Waals surface area contributed by atoms with E-state index in [0.717, 1.165) is 5.56 Å². The number of aromatic nitrogens is 1. The molecule has 0 fully saturated rings. The molecule has 0 radical (unpaired) electrons. The predicted octanol–water partition coefficient (Wildman–Crippen LogP) is 1.37. The van der Waals surface area contributed by atoms with Gasteiger partial charge in [0.1, 0.15) is 5.52 Å². The lowest BCUT2D eigenvalue weighted by Gasteiger charge is -1.92. The summed E-state index contributed by atoms with van der Waals surface area (Å²) in [6.45, 7) is 0. The van der Waals surface area contributed by atoms with Crippen LogP contribution in [0.25, 0.3) is 11.1 Å². The van der Waals surface area contributed by atoms with Crippen molar-refractivity contribution in [2.45, 2.75) is 10.6 Å². The van der Waals surface area contributed by atoms with Crippen LogP contribution >= 0.6 is 15.9 Å². The normalized spacial score (nSPS) is 12.1. The number of sulfonamides is 1. The quantitative estimate of drug-likeness (QED) is 0.847. The van der Waals surface area contributed by atoms with Crippen molar-refractivity contribution in [1.82, 2.24) is 4.98 Å². The number of hydrogen-bond acceptors (Lipinski definition) is 4. The Bertz CT molecular complexity index is 605. The maximum absolute atomic E-state index is 11.0. The minimum Gasteiger partial charge on any atom is -0.427 e. The number of primary sulfonamides is 1. The Morgan fingerprint density at radius 2 is 2.20 bits per heavy atom. The summed E-state index contributed by atoms with van der Waals surface area (Å²) in [5.74, 6) is 0. The Morgan fingerprint density at radius 1 is 1.47 bits per heavy atom. The van der Waals surface area contributed by atoms with E-state index in [1.54, 1.807) is 12.1 Å². The zero-order valence-corrected chi connectivity index (χ0v) is 9.88. The Labute approximate surface area is 94.5 Å². The number of halogens is 1. The van der Waals surface area contributed by atoms with E-state index >= 15 is 0 Å². The van der Waals surface area contributed by atoms with Crippen molar-refractivity contribution in [2.75, 3.05) is 0 Å². The standard InChI is InChI=1S/C8H7BrN2O3S/c9-4-5-2-1-3-6-7(5)11-8(14-6)15(10,12)13/h1-3H,4H2,(H2,10,12,13). The molecule has 0 aliphatic carbocycles. The van der Waals surface area contributed by atoms with Crippen LogP contribution in [0.1, 0.15) is 5.56 Å². The molecule has 1 heterocycles. The summed E-state index contributed by atoms with van der Waals surface area (Å²) in [6.07, 6.45) is 0. The Morgan fingerprint density at radius 3 is 2.80 bits per heavy atom. The maximum atomic E-state index is 11.0. The first-order chi connectivity index (χ1) is 7.02. The highest BCUT2D eigenvalue weighted by atomic mass is 79.9. The monoisotopic (exact) mass is 290 g/mol. The van der Waals surface area contributed by atoms with Gasteiger partial charge in [0.15, 0.2) is 5.58 Å². The van der Waals surface area contributed by atoms with Crippen LogP contribution in [0.2, 0.25) is 0 Å². The molecule has 0 aliphatic heterocycles. The van der Waals surface area contributed by atoms with Gasteiger partial charge in [-0.3, -0.25) is 0 Å². The first-order valence-corrected chi connectivity index (χ1v) is 6.66. The van der Waals surface area contributed by atoms with Crippen LogP contribution in [-0.2, 0) is 15.4 Å². The number of oxazole rings is 1. The molecule has 1 aromatic heterocycles. The van der Waals surface area contributed by atoms with Crippen LogP contribution in [-0.4, -0.2) is 13.4 Å². The third-order valence-corrected chi connectivity index (χ3v) is 3.14. The van der Waals surface area contributed by atoms with Gasteiger partial charge in [-0.2, -0.15) is 4.98 Å². The second-order valence-electron chi connectivity index (χ2n) is 2.92. The van der Waals surface area contributed by atoms with Crippen molar-refractivity contribution >= 4 is 37.1 Å². The van der Waals surface area contributed by atoms with Gasteiger partial charge in [-0.25, -0.2) is 13.6 Å². The summed E-state index contributed by atoms with van der Waals surface area (Å²) >= 11 is 3.28. The van der Waals surface area contributed by atoms with Crippen LogP contribution in [0.3, 0.4) is 0 Å². The van der Waals surface area contributed by atoms with Crippen molar-refractivity contribution in [3.63, 3.8) is 0 Å². The number of rotatable bonds is 2. The zero-order chi connectivity index (χ0) is 11.1. The highest BCUT2D eigenvalue weighted by molar-refractivity contribution is 9.08. The molecule has 80 valence electrons. The molecule has 0 aliphatic rings. The second-order valence-corrected chi connectivity index (χ2v) is 4.92. The lowest BCUT2D eigenvalue weighted by atomic mass is 10.2. The number of fused-ring (bicyclic) bond motifs is 1. The molecule has 2 rings (SSSR count). The molecule has 2 N–H and O–H groups in total. The second kappa shape index (κ2) is 3.58. The van der Waals surface area contributed by atoms with E-state index in [4.69, 9.17) is 9.56 Å². The van der Waals surface area contributed by atoms with Crippen molar-refractivity contribution in [1.29, 1.82) is 0 Å². The van der Waals surface area contributed by atoms with Gasteiger partial charge in [0.25, 0.3) is 10.0 Å². The molecule has 0 bridgehead atoms. The Kier molecular flexibility index (Phi) is 2.53. The molecule has 5 nitrogen and oxygen atoms in total. The Hall–Kier alpha value is -0.920. The molecule has 0 saturated heterocycles. The van der Waals surface area contributed by atoms with Crippen molar-refractivity contribution in [3.05, 3.63) is 23.8 Å². The van der Waals surface area contributed by atoms with Crippen LogP contribution in [0.4, 0.5) is 0 Å². The van der Waals surface area contributed by atoms with Crippen LogP contribution < -0.4 is 5.14 Å². The van der Waals surface area contributed by atoms with Crippen molar-refractivity contribution < 1.29 is 12.8 Å². The van der Waals surface area contributed by atoms with Gasteiger partial charge < -0.3 is 4.42 Å². The molecule has 0 saturated carbocycles. The number of nitrogens with two attached hydrogens (primary N) is 1. The SMILES string of the molecule is NS(=O)(=O)c1nc2c(CBr)cccc2o1. The minimum atomic E-state index is -3.88. The molecule has 0 atom stereocenters. The van der Waals surface area contributed by atoms with E-state index in [-0.39, 0.29) is 0 Å². The molecular formula is C8H7BrN2O3S. The van der Waals surface area contributed by atoms with E-state index in [1.807, 2.05) is 6.07 Å². The summed E-state index contributed by atoms with van der Waals surface area (Å²) in [6, 6.07) is 5.23. The first kappa shape index (κ1) is 10.6. The fourth-order valence-electron chi connectivity index (χ4n) is 1.21. The number of hydrogen-bond donors (Lipinski definition) is 1. The average Bonchev–Trinajstić information content (AvgIpc) is 2.59. The lowest BCUT2D eigenvalue weighted by Crippen LogP contribution is -2.12. The van der Waals surface area contributed by atoms with Crippen LogP contribution in [0.15, 0.2) is 27.8 Å². The van der Waals surface area contributed by atoms with E-state index in [0.29, 0.717) is 16.4 Å². The fourth-order valence-corrected chi connectivity index (χ4v) is 2.09. The predicted molar refractivity (Wildman–Crippen MR) is 58.0 cm³/mol. The molecule has 0 spiro atoms. The third-order valence-electron chi connectivity index (χ3n) is 1.87. The number of benzene rings is 1. The molecule has 7 heteroatoms. The highest BCUT2D eigenvalue weighted by Crippen LogP contribution is 2.22. The first-order valence-electron chi connectivity index (χ1n) is 3.99. The molecule has 0 unspecified atom stereocenters. The number of nitrogens with zero attached hydrogens (tertiary/aromatic N) is 1. The van der Waals surface area contributed by atoms with E-state index < -0.39 is 15.2 Å². The van der Waals surface area contributed by atoms with E-state index in [9.17, 15) is 8.42 Å². The maximum Gasteiger partial charge on any atom is 0.331 e. The molecule has 15 heavy (non-hydrogen) atoms. The molecule has 0 amide bonds. The third kappa shape index (κ3) is 1.90. The van der Waals surface area contributed by atoms with Crippen LogP contribution in [0.5, 0.6) is 0 Å². The van der Waals surface area contributed by atoms with Crippen molar-refractivity contribution in [2.24, 2.45) is 5.14 Å². The van der Waals surface area contributed by atoms with E-state index in [1.165, 1.54) is 0 Å².